The molecule has 3 heteroatoms. The Morgan fingerprint density at radius 3 is 2.88 bits per heavy atom. The van der Waals surface area contributed by atoms with Crippen LogP contribution in [0.4, 0.5) is 0 Å². The topological polar surface area (TPSA) is 38.0 Å². The van der Waals surface area contributed by atoms with Crippen LogP contribution in [0.25, 0.3) is 0 Å². The first kappa shape index (κ1) is 13.7. The summed E-state index contributed by atoms with van der Waals surface area (Å²) in [5, 5.41) is 3.48. The molecule has 2 nitrogen and oxygen atoms in total. The molecule has 0 radical (unpaired) electrons. The van der Waals surface area contributed by atoms with Crippen LogP contribution < -0.4 is 11.1 Å². The Hall–Kier alpha value is -0.380. The molecule has 0 saturated heterocycles. The maximum Gasteiger partial charge on any atom is 0.0208 e. The van der Waals surface area contributed by atoms with Crippen molar-refractivity contribution in [2.75, 3.05) is 13.1 Å². The molecule has 1 aromatic rings. The lowest BCUT2D eigenvalue weighted by atomic mass is 10.1. The molecule has 1 rings (SSSR count). The van der Waals surface area contributed by atoms with Crippen molar-refractivity contribution in [1.29, 1.82) is 0 Å². The van der Waals surface area contributed by atoms with E-state index in [2.05, 4.69) is 53.3 Å². The summed E-state index contributed by atoms with van der Waals surface area (Å²) in [4.78, 5) is 0. The van der Waals surface area contributed by atoms with Gasteiger partial charge in [0.1, 0.15) is 0 Å². The number of nitrogens with one attached hydrogen (secondary N) is 1. The average molecular weight is 285 g/mol. The highest BCUT2D eigenvalue weighted by atomic mass is 79.9. The van der Waals surface area contributed by atoms with Crippen LogP contribution in [-0.2, 0) is 6.54 Å². The molecule has 1 aromatic carbocycles. The predicted molar refractivity (Wildman–Crippen MR) is 73.4 cm³/mol. The number of benzene rings is 1. The molecule has 0 aliphatic heterocycles. The minimum absolute atomic E-state index is 0.650. The Balaban J connectivity index is 2.39. The van der Waals surface area contributed by atoms with E-state index in [1.807, 2.05) is 0 Å². The summed E-state index contributed by atoms with van der Waals surface area (Å²) < 4.78 is 1.14. The molecule has 0 bridgehead atoms. The minimum atomic E-state index is 0.650. The van der Waals surface area contributed by atoms with Gasteiger partial charge in [0.05, 0.1) is 0 Å². The normalized spacial score (nSPS) is 12.8. The third kappa shape index (κ3) is 4.64. The van der Waals surface area contributed by atoms with Gasteiger partial charge in [0.2, 0.25) is 0 Å². The van der Waals surface area contributed by atoms with Crippen molar-refractivity contribution in [1.82, 2.24) is 5.32 Å². The number of hydrogen-bond acceptors (Lipinski definition) is 2. The summed E-state index contributed by atoms with van der Waals surface area (Å²) in [6.07, 6.45) is 1.09. The number of aryl methyl sites for hydroxylation is 1. The molecule has 16 heavy (non-hydrogen) atoms. The lowest BCUT2D eigenvalue weighted by Crippen LogP contribution is -2.22. The molecule has 0 heterocycles. The van der Waals surface area contributed by atoms with Gasteiger partial charge in [-0.15, -0.1) is 0 Å². The second-order valence-corrected chi connectivity index (χ2v) is 5.30. The van der Waals surface area contributed by atoms with Crippen LogP contribution >= 0.6 is 15.9 Å². The Labute approximate surface area is 107 Å². The second kappa shape index (κ2) is 7.05. The average Bonchev–Trinajstić information content (AvgIpc) is 2.23. The lowest BCUT2D eigenvalue weighted by molar-refractivity contribution is 0.486. The van der Waals surface area contributed by atoms with Crippen LogP contribution in [-0.4, -0.2) is 13.1 Å². The molecule has 0 spiro atoms. The lowest BCUT2D eigenvalue weighted by Gasteiger charge is -2.12. The van der Waals surface area contributed by atoms with Crippen LogP contribution in [0.15, 0.2) is 22.7 Å². The summed E-state index contributed by atoms with van der Waals surface area (Å²) in [7, 11) is 0. The van der Waals surface area contributed by atoms with Crippen molar-refractivity contribution in [3.8, 4) is 0 Å². The van der Waals surface area contributed by atoms with Gasteiger partial charge in [0.25, 0.3) is 0 Å². The van der Waals surface area contributed by atoms with Gasteiger partial charge < -0.3 is 11.1 Å². The van der Waals surface area contributed by atoms with Gasteiger partial charge in [0, 0.05) is 11.0 Å². The van der Waals surface area contributed by atoms with Crippen LogP contribution in [0, 0.1) is 12.8 Å². The van der Waals surface area contributed by atoms with E-state index < -0.39 is 0 Å². The first-order chi connectivity index (χ1) is 7.63. The van der Waals surface area contributed by atoms with Crippen LogP contribution in [0.2, 0.25) is 0 Å². The summed E-state index contributed by atoms with van der Waals surface area (Å²) in [6.45, 7) is 7.11. The first-order valence-corrected chi connectivity index (χ1v) is 6.58. The van der Waals surface area contributed by atoms with Gasteiger partial charge >= 0.3 is 0 Å². The summed E-state index contributed by atoms with van der Waals surface area (Å²) in [5.74, 6) is 0.650. The summed E-state index contributed by atoms with van der Waals surface area (Å²) >= 11 is 3.50. The first-order valence-electron chi connectivity index (χ1n) is 5.79. The molecule has 0 fully saturated rings. The van der Waals surface area contributed by atoms with E-state index in [4.69, 9.17) is 5.73 Å². The van der Waals surface area contributed by atoms with Crippen molar-refractivity contribution in [3.05, 3.63) is 33.8 Å². The Bertz CT molecular complexity index is 326. The maximum atomic E-state index is 5.52. The smallest absolute Gasteiger partial charge is 0.0208 e. The standard InChI is InChI=1S/C13H21BrN2/c1-10(5-6-15)8-16-9-12-7-13(14)4-3-11(12)2/h3-4,7,10,16H,5-6,8-9,15H2,1-2H3. The fourth-order valence-corrected chi connectivity index (χ4v) is 2.08. The highest BCUT2D eigenvalue weighted by Gasteiger charge is 2.02. The van der Waals surface area contributed by atoms with Gasteiger partial charge in [-0.2, -0.15) is 0 Å². The zero-order chi connectivity index (χ0) is 12.0. The Morgan fingerprint density at radius 2 is 2.19 bits per heavy atom. The highest BCUT2D eigenvalue weighted by Crippen LogP contribution is 2.15. The van der Waals surface area contributed by atoms with Crippen molar-refractivity contribution in [2.45, 2.75) is 26.8 Å². The predicted octanol–water partition coefficient (Wildman–Crippen LogP) is 2.83. The van der Waals surface area contributed by atoms with Crippen molar-refractivity contribution in [3.63, 3.8) is 0 Å². The highest BCUT2D eigenvalue weighted by molar-refractivity contribution is 9.10. The minimum Gasteiger partial charge on any atom is -0.330 e. The molecular formula is C13H21BrN2. The fourth-order valence-electron chi connectivity index (χ4n) is 1.67. The largest absolute Gasteiger partial charge is 0.330 e. The van der Waals surface area contributed by atoms with Crippen molar-refractivity contribution in [2.24, 2.45) is 11.7 Å². The molecule has 1 unspecified atom stereocenters. The SMILES string of the molecule is Cc1ccc(Br)cc1CNCC(C)CCN. The van der Waals surface area contributed by atoms with E-state index in [9.17, 15) is 0 Å². The number of hydrogen-bond donors (Lipinski definition) is 2. The molecule has 3 N–H and O–H groups in total. The van der Waals surface area contributed by atoms with Gasteiger partial charge in [-0.05, 0) is 55.6 Å². The van der Waals surface area contributed by atoms with E-state index in [0.717, 1.165) is 30.5 Å². The van der Waals surface area contributed by atoms with E-state index in [-0.39, 0.29) is 0 Å². The molecule has 0 saturated carbocycles. The molecule has 0 aromatic heterocycles. The molecule has 1 atom stereocenters. The third-order valence-corrected chi connectivity index (χ3v) is 3.27. The van der Waals surface area contributed by atoms with Gasteiger partial charge in [0.15, 0.2) is 0 Å². The number of rotatable bonds is 6. The Morgan fingerprint density at radius 1 is 1.44 bits per heavy atom. The van der Waals surface area contributed by atoms with Crippen molar-refractivity contribution < 1.29 is 0 Å². The molecule has 0 amide bonds. The maximum absolute atomic E-state index is 5.52. The van der Waals surface area contributed by atoms with Crippen LogP contribution in [0.1, 0.15) is 24.5 Å². The van der Waals surface area contributed by atoms with Crippen molar-refractivity contribution >= 4 is 15.9 Å². The van der Waals surface area contributed by atoms with Crippen LogP contribution in [0.3, 0.4) is 0 Å². The molecule has 90 valence electrons. The zero-order valence-corrected chi connectivity index (χ0v) is 11.7. The molecular weight excluding hydrogens is 264 g/mol. The second-order valence-electron chi connectivity index (χ2n) is 4.38. The van der Waals surface area contributed by atoms with E-state index >= 15 is 0 Å². The zero-order valence-electron chi connectivity index (χ0n) is 10.1. The van der Waals surface area contributed by atoms with Gasteiger partial charge in [-0.25, -0.2) is 0 Å². The Kier molecular flexibility index (Phi) is 6.03. The monoisotopic (exact) mass is 284 g/mol. The molecule has 0 aliphatic carbocycles. The summed E-state index contributed by atoms with van der Waals surface area (Å²) in [5.41, 5.74) is 8.21. The molecule has 0 aliphatic rings. The fraction of sp³-hybridized carbons (Fsp3) is 0.538. The number of halogens is 1. The van der Waals surface area contributed by atoms with E-state index in [0.29, 0.717) is 5.92 Å². The summed E-state index contributed by atoms with van der Waals surface area (Å²) in [6, 6.07) is 6.40. The van der Waals surface area contributed by atoms with Gasteiger partial charge in [-0.3, -0.25) is 0 Å². The van der Waals surface area contributed by atoms with Crippen LogP contribution in [0.5, 0.6) is 0 Å². The third-order valence-electron chi connectivity index (χ3n) is 2.78. The van der Waals surface area contributed by atoms with E-state index in [1.165, 1.54) is 11.1 Å². The van der Waals surface area contributed by atoms with Gasteiger partial charge in [-0.1, -0.05) is 28.9 Å². The van der Waals surface area contributed by atoms with E-state index in [1.54, 1.807) is 0 Å². The quantitative estimate of drug-likeness (QED) is 0.843. The number of nitrogens with two attached hydrogens (primary N) is 1.